The molecule has 0 amide bonds. The molecule has 1 unspecified atom stereocenters. The van der Waals surface area contributed by atoms with Crippen molar-refractivity contribution in [3.05, 3.63) is 17.0 Å². The standard InChI is InChI=1S/C14H26N4O/c1-6-10(3)17-14(15-7-2)16-9-8-13-11(4)18-19-12(13)5/h10H,6-9H2,1-5H3,(H2,15,16,17). The van der Waals surface area contributed by atoms with Crippen LogP contribution in [0.2, 0.25) is 0 Å². The van der Waals surface area contributed by atoms with E-state index < -0.39 is 0 Å². The van der Waals surface area contributed by atoms with Crippen LogP contribution in [-0.4, -0.2) is 30.2 Å². The smallest absolute Gasteiger partial charge is 0.191 e. The normalized spacial score (nSPS) is 13.4. The molecule has 2 N–H and O–H groups in total. The number of aromatic nitrogens is 1. The summed E-state index contributed by atoms with van der Waals surface area (Å²) >= 11 is 0. The number of guanidine groups is 1. The topological polar surface area (TPSA) is 62.5 Å². The first kappa shape index (κ1) is 15.5. The van der Waals surface area contributed by atoms with Crippen LogP contribution in [0.15, 0.2) is 9.52 Å². The summed E-state index contributed by atoms with van der Waals surface area (Å²) in [5.41, 5.74) is 2.13. The molecule has 1 aromatic heterocycles. The van der Waals surface area contributed by atoms with Crippen LogP contribution < -0.4 is 10.6 Å². The second-order valence-corrected chi connectivity index (χ2v) is 4.77. The molecule has 0 aliphatic heterocycles. The number of nitrogens with one attached hydrogen (secondary N) is 2. The third-order valence-electron chi connectivity index (χ3n) is 3.15. The zero-order valence-electron chi connectivity index (χ0n) is 12.7. The Morgan fingerprint density at radius 2 is 2.11 bits per heavy atom. The van der Waals surface area contributed by atoms with Crippen molar-refractivity contribution >= 4 is 5.96 Å². The van der Waals surface area contributed by atoms with Crippen molar-refractivity contribution in [3.63, 3.8) is 0 Å². The Kier molecular flexibility index (Phi) is 6.39. The van der Waals surface area contributed by atoms with E-state index in [-0.39, 0.29) is 0 Å². The summed E-state index contributed by atoms with van der Waals surface area (Å²) in [6.07, 6.45) is 1.94. The fourth-order valence-electron chi connectivity index (χ4n) is 1.79. The fourth-order valence-corrected chi connectivity index (χ4v) is 1.79. The van der Waals surface area contributed by atoms with Crippen LogP contribution in [0, 0.1) is 13.8 Å². The number of aryl methyl sites for hydroxylation is 2. The third-order valence-corrected chi connectivity index (χ3v) is 3.15. The van der Waals surface area contributed by atoms with E-state index in [0.29, 0.717) is 6.04 Å². The lowest BCUT2D eigenvalue weighted by Gasteiger charge is -2.16. The van der Waals surface area contributed by atoms with E-state index in [4.69, 9.17) is 4.52 Å². The van der Waals surface area contributed by atoms with Crippen LogP contribution in [0.1, 0.15) is 44.2 Å². The van der Waals surface area contributed by atoms with Crippen LogP contribution in [0.4, 0.5) is 0 Å². The summed E-state index contributed by atoms with van der Waals surface area (Å²) in [6, 6.07) is 0.428. The number of nitrogens with zero attached hydrogens (tertiary/aromatic N) is 2. The Morgan fingerprint density at radius 3 is 2.63 bits per heavy atom. The summed E-state index contributed by atoms with van der Waals surface area (Å²) < 4.78 is 5.15. The minimum Gasteiger partial charge on any atom is -0.361 e. The van der Waals surface area contributed by atoms with Gasteiger partial charge in [-0.15, -0.1) is 0 Å². The Labute approximate surface area is 115 Å². The summed E-state index contributed by atoms with van der Waals surface area (Å²) in [7, 11) is 0. The van der Waals surface area contributed by atoms with E-state index in [2.05, 4.69) is 41.6 Å². The van der Waals surface area contributed by atoms with Crippen molar-refractivity contribution in [2.75, 3.05) is 13.1 Å². The summed E-state index contributed by atoms with van der Waals surface area (Å²) in [5.74, 6) is 1.77. The highest BCUT2D eigenvalue weighted by molar-refractivity contribution is 5.80. The van der Waals surface area contributed by atoms with Crippen LogP contribution in [0.3, 0.4) is 0 Å². The van der Waals surface area contributed by atoms with Gasteiger partial charge in [0.2, 0.25) is 0 Å². The maximum absolute atomic E-state index is 5.15. The molecule has 1 rings (SSSR count). The highest BCUT2D eigenvalue weighted by atomic mass is 16.5. The molecule has 0 aliphatic rings. The van der Waals surface area contributed by atoms with Gasteiger partial charge < -0.3 is 15.2 Å². The zero-order valence-corrected chi connectivity index (χ0v) is 12.7. The quantitative estimate of drug-likeness (QED) is 0.612. The van der Waals surface area contributed by atoms with Gasteiger partial charge in [-0.25, -0.2) is 0 Å². The average molecular weight is 266 g/mol. The van der Waals surface area contributed by atoms with Gasteiger partial charge in [-0.2, -0.15) is 0 Å². The molecule has 1 aromatic rings. The highest BCUT2D eigenvalue weighted by Gasteiger charge is 2.08. The van der Waals surface area contributed by atoms with Gasteiger partial charge in [0.1, 0.15) is 5.76 Å². The number of hydrogen-bond acceptors (Lipinski definition) is 3. The second kappa shape index (κ2) is 7.81. The summed E-state index contributed by atoms with van der Waals surface area (Å²) in [4.78, 5) is 4.58. The van der Waals surface area contributed by atoms with E-state index in [0.717, 1.165) is 43.3 Å². The zero-order chi connectivity index (χ0) is 14.3. The van der Waals surface area contributed by atoms with Gasteiger partial charge in [-0.1, -0.05) is 12.1 Å². The molecule has 0 aliphatic carbocycles. The summed E-state index contributed by atoms with van der Waals surface area (Å²) in [5, 5.41) is 10.6. The Bertz CT molecular complexity index is 392. The van der Waals surface area contributed by atoms with Crippen molar-refractivity contribution in [3.8, 4) is 0 Å². The maximum Gasteiger partial charge on any atom is 0.191 e. The molecule has 0 spiro atoms. The predicted octanol–water partition coefficient (Wildman–Crippen LogP) is 2.19. The summed E-state index contributed by atoms with van der Waals surface area (Å²) in [6.45, 7) is 11.9. The van der Waals surface area contributed by atoms with Crippen molar-refractivity contribution in [1.29, 1.82) is 0 Å². The van der Waals surface area contributed by atoms with Crippen molar-refractivity contribution in [1.82, 2.24) is 15.8 Å². The first-order chi connectivity index (χ1) is 9.08. The van der Waals surface area contributed by atoms with E-state index in [9.17, 15) is 0 Å². The highest BCUT2D eigenvalue weighted by Crippen LogP contribution is 2.12. The molecule has 0 saturated heterocycles. The molecule has 0 aromatic carbocycles. The molecule has 0 radical (unpaired) electrons. The van der Waals surface area contributed by atoms with Gasteiger partial charge >= 0.3 is 0 Å². The molecular formula is C14H26N4O. The van der Waals surface area contributed by atoms with Crippen LogP contribution in [-0.2, 0) is 6.42 Å². The van der Waals surface area contributed by atoms with Gasteiger partial charge in [0.05, 0.1) is 5.69 Å². The van der Waals surface area contributed by atoms with Crippen molar-refractivity contribution < 1.29 is 4.52 Å². The minimum atomic E-state index is 0.428. The molecule has 0 bridgehead atoms. The number of aliphatic imine (C=N–C) groups is 1. The lowest BCUT2D eigenvalue weighted by Crippen LogP contribution is -2.42. The molecule has 0 saturated carbocycles. The van der Waals surface area contributed by atoms with E-state index >= 15 is 0 Å². The van der Waals surface area contributed by atoms with Crippen molar-refractivity contribution in [2.45, 2.75) is 53.5 Å². The molecule has 5 nitrogen and oxygen atoms in total. The Morgan fingerprint density at radius 1 is 1.37 bits per heavy atom. The predicted molar refractivity (Wildman–Crippen MR) is 78.5 cm³/mol. The lowest BCUT2D eigenvalue weighted by atomic mass is 10.1. The van der Waals surface area contributed by atoms with E-state index in [1.165, 1.54) is 5.56 Å². The van der Waals surface area contributed by atoms with Gasteiger partial charge in [-0.3, -0.25) is 4.99 Å². The Balaban J connectivity index is 2.56. The minimum absolute atomic E-state index is 0.428. The Hall–Kier alpha value is -1.52. The van der Waals surface area contributed by atoms with Gasteiger partial charge in [0.15, 0.2) is 5.96 Å². The number of rotatable bonds is 6. The maximum atomic E-state index is 5.15. The first-order valence-corrected chi connectivity index (χ1v) is 7.05. The van der Waals surface area contributed by atoms with E-state index in [1.807, 2.05) is 13.8 Å². The molecule has 108 valence electrons. The van der Waals surface area contributed by atoms with Gasteiger partial charge in [-0.05, 0) is 40.5 Å². The fraction of sp³-hybridized carbons (Fsp3) is 0.714. The van der Waals surface area contributed by atoms with Crippen LogP contribution in [0.25, 0.3) is 0 Å². The molecule has 0 fully saturated rings. The van der Waals surface area contributed by atoms with Gasteiger partial charge in [0, 0.05) is 24.7 Å². The second-order valence-electron chi connectivity index (χ2n) is 4.77. The largest absolute Gasteiger partial charge is 0.361 e. The third kappa shape index (κ3) is 4.93. The average Bonchev–Trinajstić information content (AvgIpc) is 2.70. The van der Waals surface area contributed by atoms with Crippen molar-refractivity contribution in [2.24, 2.45) is 4.99 Å². The monoisotopic (exact) mass is 266 g/mol. The lowest BCUT2D eigenvalue weighted by molar-refractivity contribution is 0.392. The molecule has 19 heavy (non-hydrogen) atoms. The SMILES string of the molecule is CCNC(=NCCc1c(C)noc1C)NC(C)CC. The van der Waals surface area contributed by atoms with E-state index in [1.54, 1.807) is 0 Å². The molecular weight excluding hydrogens is 240 g/mol. The number of hydrogen-bond donors (Lipinski definition) is 2. The molecule has 1 heterocycles. The first-order valence-electron chi connectivity index (χ1n) is 7.05. The molecule has 5 heteroatoms. The van der Waals surface area contributed by atoms with Crippen LogP contribution >= 0.6 is 0 Å². The van der Waals surface area contributed by atoms with Crippen LogP contribution in [0.5, 0.6) is 0 Å². The molecule has 1 atom stereocenters. The van der Waals surface area contributed by atoms with Gasteiger partial charge in [0.25, 0.3) is 0 Å².